The highest BCUT2D eigenvalue weighted by Crippen LogP contribution is 2.20. The van der Waals surface area contributed by atoms with E-state index >= 15 is 0 Å². The first-order valence-electron chi connectivity index (χ1n) is 8.00. The van der Waals surface area contributed by atoms with Crippen molar-refractivity contribution in [1.82, 2.24) is 0 Å². The Morgan fingerprint density at radius 2 is 1.52 bits per heavy atom. The molecule has 5 heteroatoms. The van der Waals surface area contributed by atoms with Crippen molar-refractivity contribution in [1.29, 1.82) is 0 Å². The average Bonchev–Trinajstić information content (AvgIpc) is 2.55. The van der Waals surface area contributed by atoms with Crippen molar-refractivity contribution in [2.45, 2.75) is 13.1 Å². The second-order valence-corrected chi connectivity index (χ2v) is 7.13. The van der Waals surface area contributed by atoms with Crippen molar-refractivity contribution >= 4 is 15.9 Å². The molecule has 2 aromatic carbocycles. The molecule has 0 aliphatic carbocycles. The molecular weight excluding hydrogens is 359 g/mol. The van der Waals surface area contributed by atoms with E-state index in [2.05, 4.69) is 15.9 Å². The monoisotopic (exact) mass is 380 g/mol. The van der Waals surface area contributed by atoms with Gasteiger partial charge >= 0.3 is 0 Å². The summed E-state index contributed by atoms with van der Waals surface area (Å²) in [5.74, 6) is 0.260. The molecule has 2 aromatic rings. The topological polar surface area (TPSA) is 29.1 Å². The molecule has 122 valence electrons. The fourth-order valence-electron chi connectivity index (χ4n) is 3.19. The minimum Gasteiger partial charge on any atom is -0.507 e. The second kappa shape index (κ2) is 7.43. The van der Waals surface area contributed by atoms with Gasteiger partial charge in [0.05, 0.1) is 0 Å². The number of halogens is 2. The minimum absolute atomic E-state index is 0.103. The molecule has 1 aliphatic rings. The lowest BCUT2D eigenvalue weighted by Gasteiger charge is -2.30. The molecule has 0 saturated carbocycles. The summed E-state index contributed by atoms with van der Waals surface area (Å²) in [7, 11) is 0. The third-order valence-electron chi connectivity index (χ3n) is 4.54. The predicted octanol–water partition coefficient (Wildman–Crippen LogP) is 0.777. The van der Waals surface area contributed by atoms with Gasteiger partial charge in [0.2, 0.25) is 0 Å². The smallest absolute Gasteiger partial charge is 0.132 e. The van der Waals surface area contributed by atoms with Gasteiger partial charge in [-0.3, -0.25) is 0 Å². The number of quaternary nitrogens is 2. The van der Waals surface area contributed by atoms with Gasteiger partial charge in [-0.1, -0.05) is 34.1 Å². The van der Waals surface area contributed by atoms with E-state index in [1.165, 1.54) is 15.9 Å². The summed E-state index contributed by atoms with van der Waals surface area (Å²) >= 11 is 3.45. The Morgan fingerprint density at radius 3 is 2.17 bits per heavy atom. The molecule has 0 unspecified atom stereocenters. The molecule has 1 aliphatic heterocycles. The van der Waals surface area contributed by atoms with E-state index in [0.717, 1.165) is 54.9 Å². The van der Waals surface area contributed by atoms with Gasteiger partial charge < -0.3 is 14.9 Å². The lowest BCUT2D eigenvalue weighted by Crippen LogP contribution is -3.27. The Bertz CT molecular complexity index is 672. The van der Waals surface area contributed by atoms with Crippen LogP contribution in [0.25, 0.3) is 0 Å². The van der Waals surface area contributed by atoms with Crippen LogP contribution in [0.2, 0.25) is 0 Å². The lowest BCUT2D eigenvalue weighted by molar-refractivity contribution is -1.02. The van der Waals surface area contributed by atoms with E-state index < -0.39 is 0 Å². The maximum absolute atomic E-state index is 13.7. The second-order valence-electron chi connectivity index (χ2n) is 6.22. The van der Waals surface area contributed by atoms with Crippen molar-refractivity contribution in [3.63, 3.8) is 0 Å². The fraction of sp³-hybridized carbons (Fsp3) is 0.333. The summed E-state index contributed by atoms with van der Waals surface area (Å²) in [4.78, 5) is 2.90. The highest BCUT2D eigenvalue weighted by molar-refractivity contribution is 9.10. The van der Waals surface area contributed by atoms with E-state index in [1.54, 1.807) is 12.1 Å². The van der Waals surface area contributed by atoms with Crippen molar-refractivity contribution in [3.05, 3.63) is 63.9 Å². The Hall–Kier alpha value is -1.43. The van der Waals surface area contributed by atoms with Crippen LogP contribution >= 0.6 is 15.9 Å². The maximum atomic E-state index is 13.7. The molecular formula is C18H22BrFN2O+2. The summed E-state index contributed by atoms with van der Waals surface area (Å²) in [5.41, 5.74) is 1.78. The van der Waals surface area contributed by atoms with Gasteiger partial charge in [-0.25, -0.2) is 4.39 Å². The molecule has 0 amide bonds. The fourth-order valence-corrected chi connectivity index (χ4v) is 3.60. The molecule has 0 bridgehead atoms. The number of rotatable bonds is 4. The SMILES string of the molecule is Oc1ccc(Br)cc1C[NH+]1CC[NH+](Cc2ccccc2F)CC1. The normalized spacial score (nSPS) is 21.3. The van der Waals surface area contributed by atoms with Gasteiger partial charge in [0.1, 0.15) is 50.8 Å². The number of phenolic OH excluding ortho intramolecular Hbond substituents is 1. The molecule has 1 saturated heterocycles. The van der Waals surface area contributed by atoms with Gasteiger partial charge in [-0.05, 0) is 24.3 Å². The molecule has 23 heavy (non-hydrogen) atoms. The summed E-state index contributed by atoms with van der Waals surface area (Å²) in [5, 5.41) is 9.96. The van der Waals surface area contributed by atoms with Crippen LogP contribution in [0, 0.1) is 5.82 Å². The van der Waals surface area contributed by atoms with E-state index in [9.17, 15) is 9.50 Å². The van der Waals surface area contributed by atoms with Crippen molar-refractivity contribution < 1.29 is 19.3 Å². The molecule has 1 fully saturated rings. The molecule has 3 rings (SSSR count). The summed E-state index contributed by atoms with van der Waals surface area (Å²) in [6.07, 6.45) is 0. The van der Waals surface area contributed by atoms with E-state index in [1.807, 2.05) is 24.3 Å². The number of hydrogen-bond acceptors (Lipinski definition) is 1. The van der Waals surface area contributed by atoms with Gasteiger partial charge in [-0.15, -0.1) is 0 Å². The zero-order valence-corrected chi connectivity index (χ0v) is 14.6. The van der Waals surface area contributed by atoms with Gasteiger partial charge in [-0.2, -0.15) is 0 Å². The van der Waals surface area contributed by atoms with Crippen LogP contribution in [0.1, 0.15) is 11.1 Å². The lowest BCUT2D eigenvalue weighted by atomic mass is 10.1. The van der Waals surface area contributed by atoms with Crippen LogP contribution in [0.4, 0.5) is 4.39 Å². The maximum Gasteiger partial charge on any atom is 0.132 e. The van der Waals surface area contributed by atoms with Gasteiger partial charge in [0, 0.05) is 15.6 Å². The van der Waals surface area contributed by atoms with Crippen LogP contribution in [0.5, 0.6) is 5.75 Å². The number of phenols is 1. The zero-order chi connectivity index (χ0) is 16.2. The van der Waals surface area contributed by atoms with Crippen molar-refractivity contribution in [2.24, 2.45) is 0 Å². The van der Waals surface area contributed by atoms with Gasteiger partial charge in [0.25, 0.3) is 0 Å². The molecule has 1 heterocycles. The van der Waals surface area contributed by atoms with E-state index in [0.29, 0.717) is 5.75 Å². The first-order valence-corrected chi connectivity index (χ1v) is 8.79. The quantitative estimate of drug-likeness (QED) is 0.718. The van der Waals surface area contributed by atoms with Crippen LogP contribution in [-0.4, -0.2) is 31.3 Å². The molecule has 3 N–H and O–H groups in total. The summed E-state index contributed by atoms with van der Waals surface area (Å²) in [6.45, 7) is 5.71. The number of nitrogens with one attached hydrogen (secondary N) is 2. The minimum atomic E-state index is -0.103. The first kappa shape index (κ1) is 16.4. The molecule has 3 nitrogen and oxygen atoms in total. The Kier molecular flexibility index (Phi) is 5.30. The van der Waals surface area contributed by atoms with Crippen molar-refractivity contribution in [3.8, 4) is 5.75 Å². The average molecular weight is 381 g/mol. The Balaban J connectivity index is 1.54. The van der Waals surface area contributed by atoms with Gasteiger partial charge in [0.15, 0.2) is 0 Å². The van der Waals surface area contributed by atoms with Crippen molar-refractivity contribution in [2.75, 3.05) is 26.2 Å². The third kappa shape index (κ3) is 4.31. The molecule has 0 radical (unpaired) electrons. The number of benzene rings is 2. The largest absolute Gasteiger partial charge is 0.507 e. The standard InChI is InChI=1S/C18H20BrFN2O/c19-16-5-6-18(23)15(11-16)13-22-9-7-21(8-10-22)12-14-3-1-2-4-17(14)20/h1-6,11,23H,7-10,12-13H2/p+2. The van der Waals surface area contributed by atoms with E-state index in [4.69, 9.17) is 0 Å². The summed E-state index contributed by atoms with van der Waals surface area (Å²) in [6, 6.07) is 12.6. The number of hydrogen-bond donors (Lipinski definition) is 3. The number of aromatic hydroxyl groups is 1. The number of piperazine rings is 1. The van der Waals surface area contributed by atoms with Crippen LogP contribution in [0.15, 0.2) is 46.9 Å². The predicted molar refractivity (Wildman–Crippen MR) is 91.0 cm³/mol. The zero-order valence-electron chi connectivity index (χ0n) is 13.0. The van der Waals surface area contributed by atoms with Crippen LogP contribution in [0.3, 0.4) is 0 Å². The molecule has 0 aromatic heterocycles. The summed E-state index contributed by atoms with van der Waals surface area (Å²) < 4.78 is 14.7. The molecule has 0 spiro atoms. The molecule has 0 atom stereocenters. The third-order valence-corrected chi connectivity index (χ3v) is 5.04. The van der Waals surface area contributed by atoms with Crippen LogP contribution in [-0.2, 0) is 13.1 Å². The van der Waals surface area contributed by atoms with E-state index in [-0.39, 0.29) is 5.82 Å². The van der Waals surface area contributed by atoms with Crippen LogP contribution < -0.4 is 9.80 Å². The highest BCUT2D eigenvalue weighted by atomic mass is 79.9. The highest BCUT2D eigenvalue weighted by Gasteiger charge is 2.24. The Morgan fingerprint density at radius 1 is 0.913 bits per heavy atom. The Labute approximate surface area is 144 Å². The first-order chi connectivity index (χ1) is 11.1.